The molecule has 0 saturated heterocycles. The number of benzene rings is 1. The molecule has 0 saturated carbocycles. The van der Waals surface area contributed by atoms with Gasteiger partial charge in [0.1, 0.15) is 5.78 Å². The van der Waals surface area contributed by atoms with Gasteiger partial charge in [0.15, 0.2) is 0 Å². The number of hydrogen-bond donors (Lipinski definition) is 1. The summed E-state index contributed by atoms with van der Waals surface area (Å²) < 4.78 is 4.89. The fourth-order valence-electron chi connectivity index (χ4n) is 1.53. The Bertz CT molecular complexity index is 457. The van der Waals surface area contributed by atoms with Crippen LogP contribution in [0.15, 0.2) is 23.1 Å². The number of rotatable bonds is 7. The summed E-state index contributed by atoms with van der Waals surface area (Å²) in [4.78, 5) is 23.3. The van der Waals surface area contributed by atoms with Gasteiger partial charge in [-0.25, -0.2) is 0 Å². The molecule has 0 heterocycles. The minimum Gasteiger partial charge on any atom is -0.466 e. The van der Waals surface area contributed by atoms with Gasteiger partial charge < -0.3 is 9.84 Å². The summed E-state index contributed by atoms with van der Waals surface area (Å²) >= 11 is 1.37. The van der Waals surface area contributed by atoms with Gasteiger partial charge in [-0.3, -0.25) is 9.59 Å². The standard InChI is InChI=1S/C14H18O4S/c1-3-18-14(17)7-11-4-5-12(8-15)13(6-11)19-9-10(2)16/h4-6,15H,3,7-9H2,1-2H3. The van der Waals surface area contributed by atoms with Crippen molar-refractivity contribution >= 4 is 23.5 Å². The Balaban J connectivity index is 2.81. The molecule has 0 atom stereocenters. The molecule has 0 fully saturated rings. The summed E-state index contributed by atoms with van der Waals surface area (Å²) in [6.45, 7) is 3.56. The van der Waals surface area contributed by atoms with E-state index in [4.69, 9.17) is 4.74 Å². The molecular weight excluding hydrogens is 264 g/mol. The smallest absolute Gasteiger partial charge is 0.310 e. The third kappa shape index (κ3) is 5.44. The fraction of sp³-hybridized carbons (Fsp3) is 0.429. The number of hydrogen-bond acceptors (Lipinski definition) is 5. The molecule has 0 bridgehead atoms. The van der Waals surface area contributed by atoms with E-state index in [0.29, 0.717) is 12.4 Å². The van der Waals surface area contributed by atoms with Gasteiger partial charge in [-0.15, -0.1) is 11.8 Å². The molecule has 1 N–H and O–H groups in total. The van der Waals surface area contributed by atoms with Crippen LogP contribution in [0.3, 0.4) is 0 Å². The SMILES string of the molecule is CCOC(=O)Cc1ccc(CO)c(SCC(C)=O)c1. The molecular formula is C14H18O4S. The fourth-order valence-corrected chi connectivity index (χ4v) is 2.44. The van der Waals surface area contributed by atoms with Crippen LogP contribution in [0, 0.1) is 0 Å². The van der Waals surface area contributed by atoms with Gasteiger partial charge >= 0.3 is 5.97 Å². The first-order chi connectivity index (χ1) is 9.06. The highest BCUT2D eigenvalue weighted by molar-refractivity contribution is 8.00. The molecule has 5 heteroatoms. The Morgan fingerprint density at radius 3 is 2.68 bits per heavy atom. The molecule has 0 unspecified atom stereocenters. The van der Waals surface area contributed by atoms with Crippen LogP contribution in [0.25, 0.3) is 0 Å². The minimum absolute atomic E-state index is 0.0738. The number of carbonyl (C=O) groups is 2. The van der Waals surface area contributed by atoms with E-state index < -0.39 is 0 Å². The van der Waals surface area contributed by atoms with Crippen molar-refractivity contribution in [1.29, 1.82) is 0 Å². The number of ether oxygens (including phenoxy) is 1. The highest BCUT2D eigenvalue weighted by Gasteiger charge is 2.09. The zero-order chi connectivity index (χ0) is 14.3. The molecule has 104 valence electrons. The van der Waals surface area contributed by atoms with Crippen LogP contribution in [-0.2, 0) is 27.4 Å². The lowest BCUT2D eigenvalue weighted by Gasteiger charge is -2.09. The van der Waals surface area contributed by atoms with Gasteiger partial charge in [-0.05, 0) is 31.0 Å². The van der Waals surface area contributed by atoms with Crippen molar-refractivity contribution in [2.24, 2.45) is 0 Å². The summed E-state index contributed by atoms with van der Waals surface area (Å²) in [6.07, 6.45) is 0.202. The molecule has 0 aliphatic rings. The van der Waals surface area contributed by atoms with Crippen LogP contribution in [0.2, 0.25) is 0 Å². The van der Waals surface area contributed by atoms with E-state index in [-0.39, 0.29) is 24.8 Å². The first-order valence-corrected chi connectivity index (χ1v) is 7.06. The Hall–Kier alpha value is -1.33. The normalized spacial score (nSPS) is 10.3. The number of Topliss-reactive ketones (excluding diaryl/α,β-unsaturated/α-hetero) is 1. The summed E-state index contributed by atoms with van der Waals surface area (Å²) in [5.41, 5.74) is 1.58. The van der Waals surface area contributed by atoms with Gasteiger partial charge in [0, 0.05) is 4.90 Å². The van der Waals surface area contributed by atoms with E-state index in [1.54, 1.807) is 19.1 Å². The minimum atomic E-state index is -0.276. The Morgan fingerprint density at radius 2 is 2.11 bits per heavy atom. The van der Waals surface area contributed by atoms with Gasteiger partial charge in [0.25, 0.3) is 0 Å². The number of carbonyl (C=O) groups excluding carboxylic acids is 2. The van der Waals surface area contributed by atoms with E-state index >= 15 is 0 Å². The predicted molar refractivity (Wildman–Crippen MR) is 74.1 cm³/mol. The molecule has 1 rings (SSSR count). The molecule has 0 aliphatic heterocycles. The van der Waals surface area contributed by atoms with Crippen LogP contribution in [0.1, 0.15) is 25.0 Å². The van der Waals surface area contributed by atoms with E-state index in [9.17, 15) is 14.7 Å². The summed E-state index contributed by atoms with van der Waals surface area (Å²) in [6, 6.07) is 5.40. The second-order valence-electron chi connectivity index (χ2n) is 4.07. The average molecular weight is 282 g/mol. The molecule has 0 aromatic heterocycles. The highest BCUT2D eigenvalue weighted by atomic mass is 32.2. The lowest BCUT2D eigenvalue weighted by atomic mass is 10.1. The first kappa shape index (κ1) is 15.7. The average Bonchev–Trinajstić information content (AvgIpc) is 2.36. The molecule has 1 aromatic rings. The van der Waals surface area contributed by atoms with Crippen LogP contribution in [-0.4, -0.2) is 29.2 Å². The second-order valence-corrected chi connectivity index (χ2v) is 5.09. The van der Waals surface area contributed by atoms with Crippen LogP contribution in [0.5, 0.6) is 0 Å². The quantitative estimate of drug-likeness (QED) is 0.612. The van der Waals surface area contributed by atoms with Crippen molar-refractivity contribution in [1.82, 2.24) is 0 Å². The maximum atomic E-state index is 11.4. The summed E-state index contributed by atoms with van der Waals surface area (Å²) in [7, 11) is 0. The van der Waals surface area contributed by atoms with Crippen LogP contribution in [0.4, 0.5) is 0 Å². The summed E-state index contributed by atoms with van der Waals surface area (Å²) in [5, 5.41) is 9.25. The zero-order valence-corrected chi connectivity index (χ0v) is 12.0. The third-order valence-electron chi connectivity index (χ3n) is 2.39. The third-order valence-corrected chi connectivity index (χ3v) is 3.63. The van der Waals surface area contributed by atoms with E-state index in [1.807, 2.05) is 6.07 Å². The monoisotopic (exact) mass is 282 g/mol. The number of aliphatic hydroxyl groups excluding tert-OH is 1. The first-order valence-electron chi connectivity index (χ1n) is 6.07. The number of aliphatic hydroxyl groups is 1. The van der Waals surface area contributed by atoms with Crippen molar-refractivity contribution in [2.45, 2.75) is 31.8 Å². The topological polar surface area (TPSA) is 63.6 Å². The van der Waals surface area contributed by atoms with Crippen molar-refractivity contribution in [3.8, 4) is 0 Å². The molecule has 0 aliphatic carbocycles. The van der Waals surface area contributed by atoms with Gasteiger partial charge in [-0.2, -0.15) is 0 Å². The molecule has 0 radical (unpaired) electrons. The maximum Gasteiger partial charge on any atom is 0.310 e. The number of esters is 1. The van der Waals surface area contributed by atoms with Gasteiger partial charge in [0.05, 0.1) is 25.4 Å². The molecule has 4 nitrogen and oxygen atoms in total. The molecule has 19 heavy (non-hydrogen) atoms. The van der Waals surface area contributed by atoms with Gasteiger partial charge in [-0.1, -0.05) is 12.1 Å². The highest BCUT2D eigenvalue weighted by Crippen LogP contribution is 2.24. The van der Waals surface area contributed by atoms with Crippen molar-refractivity contribution in [3.05, 3.63) is 29.3 Å². The Labute approximate surface area is 117 Å². The molecule has 0 spiro atoms. The van der Waals surface area contributed by atoms with Crippen molar-refractivity contribution in [2.75, 3.05) is 12.4 Å². The van der Waals surface area contributed by atoms with E-state index in [2.05, 4.69) is 0 Å². The Morgan fingerprint density at radius 1 is 1.37 bits per heavy atom. The van der Waals surface area contributed by atoms with Crippen LogP contribution >= 0.6 is 11.8 Å². The van der Waals surface area contributed by atoms with Crippen molar-refractivity contribution in [3.63, 3.8) is 0 Å². The molecule has 1 aromatic carbocycles. The van der Waals surface area contributed by atoms with E-state index in [0.717, 1.165) is 16.0 Å². The lowest BCUT2D eigenvalue weighted by Crippen LogP contribution is -2.08. The summed E-state index contributed by atoms with van der Waals surface area (Å²) in [5.74, 6) is 0.155. The Kier molecular flexibility index (Phi) is 6.59. The largest absolute Gasteiger partial charge is 0.466 e. The zero-order valence-electron chi connectivity index (χ0n) is 11.1. The predicted octanol–water partition coefficient (Wildman–Crippen LogP) is 1.97. The van der Waals surface area contributed by atoms with Crippen LogP contribution < -0.4 is 0 Å². The molecule has 0 amide bonds. The number of ketones is 1. The second kappa shape index (κ2) is 7.96. The lowest BCUT2D eigenvalue weighted by molar-refractivity contribution is -0.142. The van der Waals surface area contributed by atoms with Crippen molar-refractivity contribution < 1.29 is 19.4 Å². The number of thioether (sulfide) groups is 1. The van der Waals surface area contributed by atoms with E-state index in [1.165, 1.54) is 18.7 Å². The van der Waals surface area contributed by atoms with Gasteiger partial charge in [0.2, 0.25) is 0 Å². The maximum absolute atomic E-state index is 11.4.